The topological polar surface area (TPSA) is 26.3 Å². The number of unbranched alkanes of at least 4 members (excludes halogenated alkanes) is 4. The molecule has 0 saturated heterocycles. The van der Waals surface area contributed by atoms with Crippen molar-refractivity contribution in [2.24, 2.45) is 11.8 Å². The fourth-order valence-corrected chi connectivity index (χ4v) is 3.85. The Labute approximate surface area is 160 Å². The van der Waals surface area contributed by atoms with E-state index in [9.17, 15) is 4.79 Å². The van der Waals surface area contributed by atoms with Crippen LogP contribution in [0.1, 0.15) is 84.5 Å². The van der Waals surface area contributed by atoms with Gasteiger partial charge in [0, 0.05) is 6.42 Å². The number of hydrogen-bond donors (Lipinski definition) is 0. The maximum atomic E-state index is 12.0. The number of carbonyl (C=O) groups excluding carboxylic acids is 1. The third kappa shape index (κ3) is 7.76. The molecule has 26 heavy (non-hydrogen) atoms. The minimum atomic E-state index is -0.121. The van der Waals surface area contributed by atoms with E-state index >= 15 is 0 Å². The Balaban J connectivity index is 1.63. The van der Waals surface area contributed by atoms with Gasteiger partial charge < -0.3 is 4.74 Å². The lowest BCUT2D eigenvalue weighted by Crippen LogP contribution is -2.13. The lowest BCUT2D eigenvalue weighted by molar-refractivity contribution is -0.134. The molecule has 1 aliphatic rings. The van der Waals surface area contributed by atoms with E-state index in [4.69, 9.17) is 4.74 Å². The fourth-order valence-electron chi connectivity index (χ4n) is 3.85. The van der Waals surface area contributed by atoms with Gasteiger partial charge in [0.1, 0.15) is 5.75 Å². The molecule has 2 unspecified atom stereocenters. The second kappa shape index (κ2) is 11.9. The summed E-state index contributed by atoms with van der Waals surface area (Å²) in [7, 11) is 0. The summed E-state index contributed by atoms with van der Waals surface area (Å²) in [4.78, 5) is 12.0. The first-order valence-corrected chi connectivity index (χ1v) is 10.6. The van der Waals surface area contributed by atoms with Crippen LogP contribution in [0, 0.1) is 11.8 Å². The summed E-state index contributed by atoms with van der Waals surface area (Å²) >= 11 is 0. The summed E-state index contributed by atoms with van der Waals surface area (Å²) in [6.07, 6.45) is 15.9. The van der Waals surface area contributed by atoms with Gasteiger partial charge in [0.2, 0.25) is 0 Å². The molecule has 0 fully saturated rings. The van der Waals surface area contributed by atoms with E-state index in [1.165, 1.54) is 57.8 Å². The molecule has 0 radical (unpaired) electrons. The molecule has 144 valence electrons. The summed E-state index contributed by atoms with van der Waals surface area (Å²) in [5, 5.41) is 0. The fraction of sp³-hybridized carbons (Fsp3) is 0.625. The number of carbonyl (C=O) groups is 1. The number of hydrogen-bond acceptors (Lipinski definition) is 2. The van der Waals surface area contributed by atoms with Crippen molar-refractivity contribution in [3.05, 3.63) is 42.0 Å². The quantitative estimate of drug-likeness (QED) is 0.183. The molecule has 0 spiro atoms. The highest BCUT2D eigenvalue weighted by atomic mass is 16.5. The molecule has 2 atom stereocenters. The smallest absolute Gasteiger partial charge is 0.311 e. The highest BCUT2D eigenvalue weighted by Gasteiger charge is 2.18. The van der Waals surface area contributed by atoms with Gasteiger partial charge in [0.05, 0.1) is 0 Å². The first-order valence-electron chi connectivity index (χ1n) is 10.6. The summed E-state index contributed by atoms with van der Waals surface area (Å²) in [5.41, 5.74) is 1.56. The Morgan fingerprint density at radius 2 is 1.92 bits per heavy atom. The second-order valence-corrected chi connectivity index (χ2v) is 7.85. The standard InChI is InChI=1S/C24H36O2/c1-3-4-5-6-8-11-21-15-17-22(18-16-21)20(2)14-19-24(25)26-23-12-9-7-10-13-23/h7,9-10,12-13,17,20-21H,3-6,8,11,14-16,18-19H2,1-2H3. The molecule has 0 bridgehead atoms. The van der Waals surface area contributed by atoms with Crippen LogP contribution in [-0.2, 0) is 4.79 Å². The number of ether oxygens (including phenoxy) is 1. The van der Waals surface area contributed by atoms with Gasteiger partial charge in [-0.1, -0.05) is 82.2 Å². The zero-order valence-electron chi connectivity index (χ0n) is 16.7. The molecule has 2 heteroatoms. The largest absolute Gasteiger partial charge is 0.427 e. The second-order valence-electron chi connectivity index (χ2n) is 7.85. The molecule has 0 aliphatic heterocycles. The molecule has 1 aromatic carbocycles. The first kappa shape index (κ1) is 20.7. The average Bonchev–Trinajstić information content (AvgIpc) is 2.67. The minimum absolute atomic E-state index is 0.121. The Kier molecular flexibility index (Phi) is 9.52. The van der Waals surface area contributed by atoms with Crippen molar-refractivity contribution >= 4 is 5.97 Å². The lowest BCUT2D eigenvalue weighted by atomic mass is 9.81. The molecule has 1 aromatic rings. The minimum Gasteiger partial charge on any atom is -0.427 e. The SMILES string of the molecule is CCCCCCCC1CC=C(C(C)CCC(=O)Oc2ccccc2)CC1. The van der Waals surface area contributed by atoms with Crippen molar-refractivity contribution in [3.8, 4) is 5.75 Å². The molecular formula is C24H36O2. The van der Waals surface area contributed by atoms with Gasteiger partial charge in [-0.15, -0.1) is 0 Å². The van der Waals surface area contributed by atoms with Gasteiger partial charge in [-0.05, 0) is 49.7 Å². The predicted molar refractivity (Wildman–Crippen MR) is 109 cm³/mol. The number of benzene rings is 1. The zero-order valence-corrected chi connectivity index (χ0v) is 16.7. The molecule has 0 amide bonds. The number of esters is 1. The van der Waals surface area contributed by atoms with Crippen LogP contribution in [0.3, 0.4) is 0 Å². The third-order valence-corrected chi connectivity index (χ3v) is 5.66. The Morgan fingerprint density at radius 3 is 2.62 bits per heavy atom. The van der Waals surface area contributed by atoms with Crippen molar-refractivity contribution in [1.29, 1.82) is 0 Å². The summed E-state index contributed by atoms with van der Waals surface area (Å²) in [6, 6.07) is 9.35. The average molecular weight is 357 g/mol. The molecule has 0 N–H and O–H groups in total. The molecule has 0 heterocycles. The van der Waals surface area contributed by atoms with E-state index < -0.39 is 0 Å². The zero-order chi connectivity index (χ0) is 18.6. The van der Waals surface area contributed by atoms with Crippen LogP contribution in [-0.4, -0.2) is 5.97 Å². The van der Waals surface area contributed by atoms with Gasteiger partial charge in [0.25, 0.3) is 0 Å². The van der Waals surface area contributed by atoms with Crippen LogP contribution in [0.15, 0.2) is 42.0 Å². The van der Waals surface area contributed by atoms with Crippen molar-refractivity contribution in [2.75, 3.05) is 0 Å². The first-order chi connectivity index (χ1) is 12.7. The predicted octanol–water partition coefficient (Wildman–Crippen LogP) is 7.10. The van der Waals surface area contributed by atoms with Crippen LogP contribution in [0.2, 0.25) is 0 Å². The van der Waals surface area contributed by atoms with Gasteiger partial charge in [-0.2, -0.15) is 0 Å². The monoisotopic (exact) mass is 356 g/mol. The van der Waals surface area contributed by atoms with Gasteiger partial charge in [-0.3, -0.25) is 4.79 Å². The van der Waals surface area contributed by atoms with Gasteiger partial charge in [-0.25, -0.2) is 0 Å². The van der Waals surface area contributed by atoms with E-state index in [1.807, 2.05) is 30.3 Å². The van der Waals surface area contributed by atoms with Crippen molar-refractivity contribution in [1.82, 2.24) is 0 Å². The van der Waals surface area contributed by atoms with Crippen LogP contribution in [0.5, 0.6) is 5.75 Å². The van der Waals surface area contributed by atoms with Crippen LogP contribution >= 0.6 is 0 Å². The maximum Gasteiger partial charge on any atom is 0.311 e. The highest BCUT2D eigenvalue weighted by molar-refractivity contribution is 5.72. The highest BCUT2D eigenvalue weighted by Crippen LogP contribution is 2.32. The number of allylic oxidation sites excluding steroid dienone is 2. The van der Waals surface area contributed by atoms with Gasteiger partial charge >= 0.3 is 5.97 Å². The van der Waals surface area contributed by atoms with Crippen molar-refractivity contribution in [3.63, 3.8) is 0 Å². The third-order valence-electron chi connectivity index (χ3n) is 5.66. The maximum absolute atomic E-state index is 12.0. The normalized spacial score (nSPS) is 18.2. The van der Waals surface area contributed by atoms with Crippen LogP contribution in [0.4, 0.5) is 0 Å². The Bertz CT molecular complexity index is 547. The summed E-state index contributed by atoms with van der Waals surface area (Å²) in [5.74, 6) is 1.90. The summed E-state index contributed by atoms with van der Waals surface area (Å²) < 4.78 is 5.38. The Morgan fingerprint density at radius 1 is 1.15 bits per heavy atom. The van der Waals surface area contributed by atoms with E-state index in [1.54, 1.807) is 5.57 Å². The van der Waals surface area contributed by atoms with E-state index in [-0.39, 0.29) is 5.97 Å². The summed E-state index contributed by atoms with van der Waals surface area (Å²) in [6.45, 7) is 4.53. The number of rotatable bonds is 11. The van der Waals surface area contributed by atoms with Gasteiger partial charge in [0.15, 0.2) is 0 Å². The van der Waals surface area contributed by atoms with Crippen molar-refractivity contribution in [2.45, 2.75) is 84.5 Å². The molecule has 2 rings (SSSR count). The van der Waals surface area contributed by atoms with E-state index in [0.29, 0.717) is 18.1 Å². The molecule has 2 nitrogen and oxygen atoms in total. The molecule has 0 aromatic heterocycles. The lowest BCUT2D eigenvalue weighted by Gasteiger charge is -2.25. The molecule has 1 aliphatic carbocycles. The van der Waals surface area contributed by atoms with Crippen molar-refractivity contribution < 1.29 is 9.53 Å². The molecular weight excluding hydrogens is 320 g/mol. The Hall–Kier alpha value is -1.57. The van der Waals surface area contributed by atoms with Crippen LogP contribution in [0.25, 0.3) is 0 Å². The molecule has 0 saturated carbocycles. The van der Waals surface area contributed by atoms with E-state index in [2.05, 4.69) is 19.9 Å². The number of para-hydroxylation sites is 1. The van der Waals surface area contributed by atoms with Crippen LogP contribution < -0.4 is 4.74 Å². The van der Waals surface area contributed by atoms with E-state index in [0.717, 1.165) is 12.3 Å².